The van der Waals surface area contributed by atoms with Gasteiger partial charge in [0.1, 0.15) is 4.75 Å². The van der Waals surface area contributed by atoms with Crippen LogP contribution in [0.5, 0.6) is 0 Å². The minimum Gasteiger partial charge on any atom is -0.598 e. The van der Waals surface area contributed by atoms with Gasteiger partial charge in [0.05, 0.1) is 6.04 Å². The predicted molar refractivity (Wildman–Crippen MR) is 75.7 cm³/mol. The van der Waals surface area contributed by atoms with Gasteiger partial charge in [0.15, 0.2) is 0 Å². The van der Waals surface area contributed by atoms with E-state index in [1.54, 1.807) is 0 Å². The van der Waals surface area contributed by atoms with Crippen molar-refractivity contribution in [3.8, 4) is 0 Å². The molecule has 0 aromatic carbocycles. The maximum Gasteiger partial charge on any atom is 0.136 e. The molecule has 1 aliphatic rings. The standard InChI is InChI=1S/C14H22N2OS/c1-10(16-18(17)14(2,3)4)12-7-8-13(15-9-12)11-5-6-11/h7-11,16H,5-6H2,1-4H3/t10-,18+/m0/s1. The largest absolute Gasteiger partial charge is 0.598 e. The molecule has 1 aromatic rings. The summed E-state index contributed by atoms with van der Waals surface area (Å²) in [6.45, 7) is 7.93. The second-order valence-electron chi connectivity index (χ2n) is 6.01. The van der Waals surface area contributed by atoms with Gasteiger partial charge >= 0.3 is 0 Å². The third-order valence-electron chi connectivity index (χ3n) is 3.14. The number of rotatable bonds is 4. The van der Waals surface area contributed by atoms with Crippen LogP contribution in [0.2, 0.25) is 0 Å². The second-order valence-corrected chi connectivity index (χ2v) is 8.01. The lowest BCUT2D eigenvalue weighted by atomic mass is 10.1. The number of aromatic nitrogens is 1. The summed E-state index contributed by atoms with van der Waals surface area (Å²) >= 11 is -1.05. The summed E-state index contributed by atoms with van der Waals surface area (Å²) in [6.07, 6.45) is 4.45. The van der Waals surface area contributed by atoms with E-state index in [0.29, 0.717) is 5.92 Å². The summed E-state index contributed by atoms with van der Waals surface area (Å²) < 4.78 is 14.9. The summed E-state index contributed by atoms with van der Waals surface area (Å²) in [5.74, 6) is 0.686. The number of hydrogen-bond acceptors (Lipinski definition) is 3. The fourth-order valence-electron chi connectivity index (χ4n) is 1.70. The van der Waals surface area contributed by atoms with Gasteiger partial charge in [0, 0.05) is 29.2 Å². The highest BCUT2D eigenvalue weighted by atomic mass is 32.2. The lowest BCUT2D eigenvalue weighted by molar-refractivity contribution is 0.531. The Balaban J connectivity index is 1.97. The van der Waals surface area contributed by atoms with Crippen molar-refractivity contribution >= 4 is 11.4 Å². The topological polar surface area (TPSA) is 48.0 Å². The van der Waals surface area contributed by atoms with Crippen LogP contribution in [0.1, 0.15) is 63.8 Å². The molecule has 0 amide bonds. The average molecular weight is 266 g/mol. The van der Waals surface area contributed by atoms with Crippen molar-refractivity contribution in [2.75, 3.05) is 0 Å². The molecule has 100 valence electrons. The lowest BCUT2D eigenvalue weighted by Gasteiger charge is -2.26. The fourth-order valence-corrected chi connectivity index (χ4v) is 2.51. The van der Waals surface area contributed by atoms with Gasteiger partial charge in [-0.15, -0.1) is 4.72 Å². The van der Waals surface area contributed by atoms with Crippen LogP contribution in [-0.4, -0.2) is 14.3 Å². The van der Waals surface area contributed by atoms with E-state index >= 15 is 0 Å². The second kappa shape index (κ2) is 5.19. The molecule has 1 N–H and O–H groups in total. The smallest absolute Gasteiger partial charge is 0.136 e. The van der Waals surface area contributed by atoms with Crippen LogP contribution >= 0.6 is 0 Å². The Morgan fingerprint density at radius 3 is 2.50 bits per heavy atom. The molecule has 2 rings (SSSR count). The van der Waals surface area contributed by atoms with Crippen LogP contribution in [0, 0.1) is 0 Å². The van der Waals surface area contributed by atoms with Gasteiger partial charge < -0.3 is 4.55 Å². The van der Waals surface area contributed by atoms with E-state index < -0.39 is 11.4 Å². The predicted octanol–water partition coefficient (Wildman–Crippen LogP) is 3.07. The molecule has 0 radical (unpaired) electrons. The zero-order valence-corrected chi connectivity index (χ0v) is 12.4. The van der Waals surface area contributed by atoms with E-state index in [1.807, 2.05) is 33.9 Å². The first-order chi connectivity index (χ1) is 8.38. The molecule has 1 heterocycles. The summed E-state index contributed by atoms with van der Waals surface area (Å²) in [7, 11) is 0. The van der Waals surface area contributed by atoms with Crippen molar-refractivity contribution in [3.05, 3.63) is 29.6 Å². The molecule has 1 aliphatic carbocycles. The van der Waals surface area contributed by atoms with Crippen molar-refractivity contribution in [2.24, 2.45) is 0 Å². The van der Waals surface area contributed by atoms with Crippen molar-refractivity contribution in [1.82, 2.24) is 9.71 Å². The molecule has 1 aromatic heterocycles. The molecular formula is C14H22N2OS. The van der Waals surface area contributed by atoms with Crippen molar-refractivity contribution in [1.29, 1.82) is 0 Å². The zero-order valence-electron chi connectivity index (χ0n) is 11.6. The normalized spacial score (nSPS) is 19.6. The molecule has 0 aliphatic heterocycles. The minimum absolute atomic E-state index is 0.0609. The van der Waals surface area contributed by atoms with Crippen molar-refractivity contribution in [2.45, 2.75) is 57.2 Å². The minimum atomic E-state index is -1.05. The van der Waals surface area contributed by atoms with E-state index in [2.05, 4.69) is 21.8 Å². The van der Waals surface area contributed by atoms with Crippen LogP contribution in [-0.2, 0) is 11.4 Å². The van der Waals surface area contributed by atoms with Gasteiger partial charge in [0.2, 0.25) is 0 Å². The van der Waals surface area contributed by atoms with Crippen LogP contribution in [0.3, 0.4) is 0 Å². The SMILES string of the molecule is C[C@H](N[S@+]([O-])C(C)(C)C)c1ccc(C2CC2)nc1. The molecule has 1 saturated carbocycles. The maximum absolute atomic E-state index is 12.0. The van der Waals surface area contributed by atoms with Gasteiger partial charge in [-0.2, -0.15) is 0 Å². The van der Waals surface area contributed by atoms with E-state index in [-0.39, 0.29) is 10.8 Å². The van der Waals surface area contributed by atoms with Crippen molar-refractivity contribution < 1.29 is 4.55 Å². The Hall–Kier alpha value is -0.580. The molecule has 2 atom stereocenters. The van der Waals surface area contributed by atoms with E-state index in [1.165, 1.54) is 18.5 Å². The highest BCUT2D eigenvalue weighted by Crippen LogP contribution is 2.38. The summed E-state index contributed by atoms with van der Waals surface area (Å²) in [5, 5.41) is 0. The zero-order chi connectivity index (χ0) is 13.3. The van der Waals surface area contributed by atoms with Gasteiger partial charge in [-0.1, -0.05) is 6.07 Å². The third kappa shape index (κ3) is 3.46. The summed E-state index contributed by atoms with van der Waals surface area (Å²) in [5.41, 5.74) is 2.29. The third-order valence-corrected chi connectivity index (χ3v) is 4.82. The summed E-state index contributed by atoms with van der Waals surface area (Å²) in [6, 6.07) is 4.26. The van der Waals surface area contributed by atoms with Gasteiger partial charge in [-0.3, -0.25) is 4.98 Å². The average Bonchev–Trinajstić information content (AvgIpc) is 3.11. The Morgan fingerprint density at radius 2 is 2.06 bits per heavy atom. The number of pyridine rings is 1. The molecular weight excluding hydrogens is 244 g/mol. The highest BCUT2D eigenvalue weighted by molar-refractivity contribution is 7.90. The van der Waals surface area contributed by atoms with Crippen LogP contribution in [0.15, 0.2) is 18.3 Å². The Kier molecular flexibility index (Phi) is 3.99. The molecule has 0 unspecified atom stereocenters. The van der Waals surface area contributed by atoms with E-state index in [4.69, 9.17) is 0 Å². The maximum atomic E-state index is 12.0. The van der Waals surface area contributed by atoms with Crippen molar-refractivity contribution in [3.63, 3.8) is 0 Å². The number of hydrogen-bond donors (Lipinski definition) is 1. The Labute approximate surface area is 113 Å². The summed E-state index contributed by atoms with van der Waals surface area (Å²) in [4.78, 5) is 4.49. The van der Waals surface area contributed by atoms with Gasteiger partial charge in [-0.25, -0.2) is 0 Å². The monoisotopic (exact) mass is 266 g/mol. The van der Waals surface area contributed by atoms with E-state index in [9.17, 15) is 4.55 Å². The van der Waals surface area contributed by atoms with Crippen LogP contribution < -0.4 is 4.72 Å². The quantitative estimate of drug-likeness (QED) is 0.852. The van der Waals surface area contributed by atoms with Crippen LogP contribution in [0.4, 0.5) is 0 Å². The molecule has 0 spiro atoms. The Bertz CT molecular complexity index is 395. The van der Waals surface area contributed by atoms with E-state index in [0.717, 1.165) is 5.56 Å². The first-order valence-electron chi connectivity index (χ1n) is 6.52. The lowest BCUT2D eigenvalue weighted by Crippen LogP contribution is -2.40. The molecule has 18 heavy (non-hydrogen) atoms. The fraction of sp³-hybridized carbons (Fsp3) is 0.643. The molecule has 3 nitrogen and oxygen atoms in total. The molecule has 0 bridgehead atoms. The highest BCUT2D eigenvalue weighted by Gasteiger charge is 2.29. The number of nitrogens with zero attached hydrogens (tertiary/aromatic N) is 1. The first-order valence-corrected chi connectivity index (χ1v) is 7.67. The Morgan fingerprint density at radius 1 is 1.39 bits per heavy atom. The van der Waals surface area contributed by atoms with Gasteiger partial charge in [0.25, 0.3) is 0 Å². The molecule has 1 fully saturated rings. The molecule has 4 heteroatoms. The first kappa shape index (κ1) is 13.8. The van der Waals surface area contributed by atoms with Crippen LogP contribution in [0.25, 0.3) is 0 Å². The molecule has 0 saturated heterocycles. The van der Waals surface area contributed by atoms with Gasteiger partial charge in [-0.05, 0) is 52.2 Å². The number of nitrogens with one attached hydrogen (secondary N) is 1.